The maximum absolute atomic E-state index is 13.6. The molecule has 1 aromatic heterocycles. The molecule has 1 amide bonds. The Bertz CT molecular complexity index is 933. The molecule has 2 aromatic carbocycles. The van der Waals surface area contributed by atoms with Gasteiger partial charge in [-0.2, -0.15) is 5.10 Å². The van der Waals surface area contributed by atoms with Gasteiger partial charge in [-0.1, -0.05) is 48.9 Å². The molecular weight excluding hydrogens is 373 g/mol. The van der Waals surface area contributed by atoms with Gasteiger partial charge in [-0.15, -0.1) is 11.3 Å². The summed E-state index contributed by atoms with van der Waals surface area (Å²) in [6, 6.07) is 12.4. The van der Waals surface area contributed by atoms with Crippen LogP contribution in [0, 0.1) is 5.82 Å². The van der Waals surface area contributed by atoms with Crippen molar-refractivity contribution in [2.24, 2.45) is 5.10 Å². The van der Waals surface area contributed by atoms with E-state index in [2.05, 4.69) is 22.4 Å². The Morgan fingerprint density at radius 2 is 2.08 bits per heavy atom. The second-order valence-electron chi connectivity index (χ2n) is 5.42. The molecule has 0 fully saturated rings. The van der Waals surface area contributed by atoms with Gasteiger partial charge in [-0.3, -0.25) is 4.79 Å². The van der Waals surface area contributed by atoms with Gasteiger partial charge in [0.15, 0.2) is 0 Å². The molecule has 0 unspecified atom stereocenters. The summed E-state index contributed by atoms with van der Waals surface area (Å²) >= 11 is 7.27. The molecule has 0 atom stereocenters. The molecule has 1 heterocycles. The molecule has 132 valence electrons. The SMILES string of the molecule is CCc1ccc(-c2nc(C(=O)N/N=C\c3c(F)cccc3Cl)cs2)cc1. The maximum atomic E-state index is 13.6. The van der Waals surface area contributed by atoms with Crippen LogP contribution in [-0.2, 0) is 6.42 Å². The van der Waals surface area contributed by atoms with Crippen molar-refractivity contribution in [2.75, 3.05) is 0 Å². The van der Waals surface area contributed by atoms with Crippen LogP contribution in [-0.4, -0.2) is 17.1 Å². The van der Waals surface area contributed by atoms with Gasteiger partial charge in [0.25, 0.3) is 5.91 Å². The number of carbonyl (C=O) groups excluding carboxylic acids is 1. The minimum Gasteiger partial charge on any atom is -0.266 e. The number of aromatic nitrogens is 1. The second-order valence-corrected chi connectivity index (χ2v) is 6.69. The van der Waals surface area contributed by atoms with Crippen LogP contribution in [0.15, 0.2) is 52.9 Å². The molecule has 0 saturated heterocycles. The molecule has 3 aromatic rings. The lowest BCUT2D eigenvalue weighted by Gasteiger charge is -2.00. The van der Waals surface area contributed by atoms with Gasteiger partial charge in [0.05, 0.1) is 11.2 Å². The van der Waals surface area contributed by atoms with Gasteiger partial charge < -0.3 is 0 Å². The summed E-state index contributed by atoms with van der Waals surface area (Å²) in [4.78, 5) is 16.5. The van der Waals surface area contributed by atoms with Crippen molar-refractivity contribution < 1.29 is 9.18 Å². The highest BCUT2D eigenvalue weighted by molar-refractivity contribution is 7.13. The lowest BCUT2D eigenvalue weighted by Crippen LogP contribution is -2.18. The molecule has 1 N–H and O–H groups in total. The summed E-state index contributed by atoms with van der Waals surface area (Å²) in [5, 5.41) is 6.38. The third kappa shape index (κ3) is 4.15. The third-order valence-electron chi connectivity index (χ3n) is 3.71. The predicted octanol–water partition coefficient (Wildman–Crippen LogP) is 4.93. The number of rotatable bonds is 5. The van der Waals surface area contributed by atoms with Crippen molar-refractivity contribution in [3.63, 3.8) is 0 Å². The van der Waals surface area contributed by atoms with E-state index in [9.17, 15) is 9.18 Å². The molecule has 7 heteroatoms. The third-order valence-corrected chi connectivity index (χ3v) is 4.93. The van der Waals surface area contributed by atoms with E-state index >= 15 is 0 Å². The Kier molecular flexibility index (Phi) is 5.75. The van der Waals surface area contributed by atoms with Crippen molar-refractivity contribution in [1.29, 1.82) is 0 Å². The van der Waals surface area contributed by atoms with Crippen LogP contribution in [0.2, 0.25) is 5.02 Å². The number of hydrogen-bond acceptors (Lipinski definition) is 4. The van der Waals surface area contributed by atoms with Crippen molar-refractivity contribution in [1.82, 2.24) is 10.4 Å². The van der Waals surface area contributed by atoms with Crippen molar-refractivity contribution >= 4 is 35.1 Å². The fraction of sp³-hybridized carbons (Fsp3) is 0.105. The van der Waals surface area contributed by atoms with E-state index < -0.39 is 11.7 Å². The number of nitrogens with one attached hydrogen (secondary N) is 1. The second kappa shape index (κ2) is 8.21. The first kappa shape index (κ1) is 18.2. The van der Waals surface area contributed by atoms with E-state index in [1.165, 1.54) is 35.2 Å². The molecule has 0 saturated carbocycles. The van der Waals surface area contributed by atoms with Crippen LogP contribution in [0.1, 0.15) is 28.5 Å². The standard InChI is InChI=1S/C19H15ClFN3OS/c1-2-12-6-8-13(9-7-12)19-23-17(11-26-19)18(25)24-22-10-14-15(20)4-3-5-16(14)21/h3-11H,2H2,1H3,(H,24,25)/b22-10-. The van der Waals surface area contributed by atoms with Gasteiger partial charge in [-0.05, 0) is 24.1 Å². The highest BCUT2D eigenvalue weighted by atomic mass is 35.5. The molecule has 0 aliphatic carbocycles. The van der Waals surface area contributed by atoms with Crippen molar-refractivity contribution in [3.05, 3.63) is 75.5 Å². The zero-order valence-electron chi connectivity index (χ0n) is 13.9. The van der Waals surface area contributed by atoms with Crippen LogP contribution in [0.5, 0.6) is 0 Å². The first-order chi connectivity index (χ1) is 12.6. The molecule has 0 radical (unpaired) electrons. The minimum absolute atomic E-state index is 0.115. The van der Waals surface area contributed by atoms with Crippen molar-refractivity contribution in [2.45, 2.75) is 13.3 Å². The summed E-state index contributed by atoms with van der Waals surface area (Å²) in [5.41, 5.74) is 4.89. The Morgan fingerprint density at radius 3 is 2.77 bits per heavy atom. The number of benzene rings is 2. The number of halogens is 2. The lowest BCUT2D eigenvalue weighted by atomic mass is 10.1. The van der Waals surface area contributed by atoms with Crippen molar-refractivity contribution in [3.8, 4) is 10.6 Å². The first-order valence-corrected chi connectivity index (χ1v) is 9.16. The minimum atomic E-state index is -0.512. The fourth-order valence-electron chi connectivity index (χ4n) is 2.24. The van der Waals surface area contributed by atoms with Crippen LogP contribution >= 0.6 is 22.9 Å². The van der Waals surface area contributed by atoms with E-state index in [1.54, 1.807) is 11.4 Å². The molecule has 0 spiro atoms. The summed E-state index contributed by atoms with van der Waals surface area (Å²) < 4.78 is 13.6. The smallest absolute Gasteiger partial charge is 0.266 e. The van der Waals surface area contributed by atoms with Gasteiger partial charge >= 0.3 is 0 Å². The molecule has 3 rings (SSSR count). The molecule has 26 heavy (non-hydrogen) atoms. The number of hydrogen-bond donors (Lipinski definition) is 1. The van der Waals surface area contributed by atoms with E-state index in [0.29, 0.717) is 0 Å². The molecular formula is C19H15ClFN3OS. The largest absolute Gasteiger partial charge is 0.290 e. The number of amides is 1. The monoisotopic (exact) mass is 387 g/mol. The van der Waals surface area contributed by atoms with Crippen LogP contribution in [0.25, 0.3) is 10.6 Å². The van der Waals surface area contributed by atoms with Gasteiger partial charge in [-0.25, -0.2) is 14.8 Å². The quantitative estimate of drug-likeness (QED) is 0.498. The normalized spacial score (nSPS) is 11.0. The number of thiazole rings is 1. The molecule has 4 nitrogen and oxygen atoms in total. The summed E-state index contributed by atoms with van der Waals surface area (Å²) in [6.07, 6.45) is 2.14. The average Bonchev–Trinajstić information content (AvgIpc) is 3.14. The Hall–Kier alpha value is -2.57. The van der Waals surface area contributed by atoms with E-state index in [0.717, 1.165) is 17.0 Å². The van der Waals surface area contributed by atoms with Gasteiger partial charge in [0.1, 0.15) is 16.5 Å². The van der Waals surface area contributed by atoms with E-state index in [4.69, 9.17) is 11.6 Å². The number of aryl methyl sites for hydroxylation is 1. The Balaban J connectivity index is 1.69. The molecule has 0 bridgehead atoms. The van der Waals surface area contributed by atoms with Crippen LogP contribution in [0.4, 0.5) is 4.39 Å². The number of nitrogens with zero attached hydrogens (tertiary/aromatic N) is 2. The Labute approximate surface area is 159 Å². The molecule has 0 aliphatic rings. The number of carbonyl (C=O) groups is 1. The maximum Gasteiger partial charge on any atom is 0.290 e. The zero-order chi connectivity index (χ0) is 18.5. The predicted molar refractivity (Wildman–Crippen MR) is 103 cm³/mol. The summed E-state index contributed by atoms with van der Waals surface area (Å²) in [7, 11) is 0. The number of hydrazone groups is 1. The van der Waals surface area contributed by atoms with Crippen LogP contribution in [0.3, 0.4) is 0 Å². The lowest BCUT2D eigenvalue weighted by molar-refractivity contribution is 0.0951. The fourth-order valence-corrected chi connectivity index (χ4v) is 3.26. The Morgan fingerprint density at radius 1 is 1.31 bits per heavy atom. The zero-order valence-corrected chi connectivity index (χ0v) is 15.4. The van der Waals surface area contributed by atoms with Gasteiger partial charge in [0.2, 0.25) is 0 Å². The topological polar surface area (TPSA) is 54.4 Å². The first-order valence-electron chi connectivity index (χ1n) is 7.90. The molecule has 0 aliphatic heterocycles. The van der Waals surface area contributed by atoms with E-state index in [-0.39, 0.29) is 16.3 Å². The average molecular weight is 388 g/mol. The van der Waals surface area contributed by atoms with E-state index in [1.807, 2.05) is 24.3 Å². The summed E-state index contributed by atoms with van der Waals surface area (Å²) in [5.74, 6) is -0.983. The highest BCUT2D eigenvalue weighted by Crippen LogP contribution is 2.24. The highest BCUT2D eigenvalue weighted by Gasteiger charge is 2.11. The summed E-state index contributed by atoms with van der Waals surface area (Å²) in [6.45, 7) is 2.09. The van der Waals surface area contributed by atoms with Crippen LogP contribution < -0.4 is 5.43 Å². The van der Waals surface area contributed by atoms with Gasteiger partial charge in [0, 0.05) is 16.5 Å².